The summed E-state index contributed by atoms with van der Waals surface area (Å²) in [6.45, 7) is 3.30. The van der Waals surface area contributed by atoms with E-state index in [-0.39, 0.29) is 17.8 Å². The van der Waals surface area contributed by atoms with Crippen LogP contribution in [0.1, 0.15) is 30.9 Å². The molecule has 3 heterocycles. The van der Waals surface area contributed by atoms with E-state index in [0.29, 0.717) is 32.6 Å². The molecule has 8 nitrogen and oxygen atoms in total. The van der Waals surface area contributed by atoms with Gasteiger partial charge in [0.1, 0.15) is 0 Å². The van der Waals surface area contributed by atoms with Crippen LogP contribution in [0.5, 0.6) is 0 Å². The monoisotopic (exact) mass is 457 g/mol. The van der Waals surface area contributed by atoms with Gasteiger partial charge in [0, 0.05) is 56.0 Å². The number of carbonyl (C=O) groups excluding carboxylic acids is 2. The third kappa shape index (κ3) is 4.01. The fourth-order valence-electron chi connectivity index (χ4n) is 4.89. The Morgan fingerprint density at radius 3 is 2.41 bits per heavy atom. The lowest BCUT2D eigenvalue weighted by Gasteiger charge is -2.36. The molecule has 3 N–H and O–H groups in total. The van der Waals surface area contributed by atoms with E-state index in [1.807, 2.05) is 42.5 Å². The average Bonchev–Trinajstić information content (AvgIpc) is 3.29. The molecule has 2 amide bonds. The number of benzene rings is 2. The van der Waals surface area contributed by atoms with Crippen LogP contribution in [0.15, 0.2) is 54.9 Å². The number of ether oxygens (including phenoxy) is 1. The average molecular weight is 458 g/mol. The van der Waals surface area contributed by atoms with Crippen molar-refractivity contribution in [1.82, 2.24) is 9.97 Å². The van der Waals surface area contributed by atoms with Gasteiger partial charge in [0.15, 0.2) is 0 Å². The van der Waals surface area contributed by atoms with Gasteiger partial charge >= 0.3 is 0 Å². The van der Waals surface area contributed by atoms with E-state index in [1.165, 1.54) is 0 Å². The Labute approximate surface area is 198 Å². The van der Waals surface area contributed by atoms with Crippen LogP contribution in [-0.2, 0) is 26.2 Å². The molecule has 1 aromatic heterocycles. The Bertz CT molecular complexity index is 1220. The molecule has 1 fully saturated rings. The number of hydrogen-bond donors (Lipinski definition) is 2. The fourth-order valence-corrected chi connectivity index (χ4v) is 4.89. The molecule has 0 radical (unpaired) electrons. The lowest BCUT2D eigenvalue weighted by molar-refractivity contribution is -0.125. The Kier molecular flexibility index (Phi) is 5.75. The molecule has 0 saturated carbocycles. The minimum absolute atomic E-state index is 0.0330. The molecule has 0 bridgehead atoms. The number of nitrogens with one attached hydrogen (secondary N) is 1. The van der Waals surface area contributed by atoms with Gasteiger partial charge in [-0.2, -0.15) is 0 Å². The number of aromatic nitrogens is 2. The highest BCUT2D eigenvalue weighted by molar-refractivity contribution is 6.00. The predicted molar refractivity (Wildman–Crippen MR) is 130 cm³/mol. The Hall–Kier alpha value is -3.78. The molecule has 2 aliphatic rings. The molecule has 0 unspecified atom stereocenters. The van der Waals surface area contributed by atoms with Crippen molar-refractivity contribution in [2.75, 3.05) is 35.7 Å². The van der Waals surface area contributed by atoms with E-state index in [2.05, 4.69) is 15.3 Å². The SMILES string of the molecule is CC(=O)N1CCc2cc(NC(=O)C3(c4ccc(-c5cnc(N)nc5)cc4)CCOCC3)ccc21. The summed E-state index contributed by atoms with van der Waals surface area (Å²) in [6, 6.07) is 13.7. The van der Waals surface area contributed by atoms with Crippen molar-refractivity contribution in [2.45, 2.75) is 31.6 Å². The molecule has 8 heteroatoms. The summed E-state index contributed by atoms with van der Waals surface area (Å²) in [4.78, 5) is 35.4. The Morgan fingerprint density at radius 2 is 1.74 bits per heavy atom. The van der Waals surface area contributed by atoms with Crippen LogP contribution in [0.3, 0.4) is 0 Å². The van der Waals surface area contributed by atoms with Crippen LogP contribution in [0.25, 0.3) is 11.1 Å². The highest BCUT2D eigenvalue weighted by atomic mass is 16.5. The largest absolute Gasteiger partial charge is 0.381 e. The van der Waals surface area contributed by atoms with Crippen LogP contribution >= 0.6 is 0 Å². The molecular formula is C26H27N5O3. The van der Waals surface area contributed by atoms with Crippen molar-refractivity contribution in [1.29, 1.82) is 0 Å². The molecule has 0 spiro atoms. The first-order valence-electron chi connectivity index (χ1n) is 11.4. The summed E-state index contributed by atoms with van der Waals surface area (Å²) in [5.41, 5.74) is 10.4. The maximum Gasteiger partial charge on any atom is 0.235 e. The third-order valence-electron chi connectivity index (χ3n) is 6.84. The number of carbonyl (C=O) groups is 2. The third-order valence-corrected chi connectivity index (χ3v) is 6.84. The van der Waals surface area contributed by atoms with Crippen molar-refractivity contribution in [2.24, 2.45) is 0 Å². The number of hydrogen-bond acceptors (Lipinski definition) is 6. The number of fused-ring (bicyclic) bond motifs is 1. The van der Waals surface area contributed by atoms with Crippen molar-refractivity contribution < 1.29 is 14.3 Å². The zero-order valence-electron chi connectivity index (χ0n) is 19.1. The molecule has 3 aromatic rings. The molecule has 34 heavy (non-hydrogen) atoms. The van der Waals surface area contributed by atoms with E-state index in [1.54, 1.807) is 24.2 Å². The van der Waals surface area contributed by atoms with Crippen LogP contribution in [0.4, 0.5) is 17.3 Å². The molecule has 2 aromatic carbocycles. The fraction of sp³-hybridized carbons (Fsp3) is 0.308. The van der Waals surface area contributed by atoms with Crippen LogP contribution < -0.4 is 16.0 Å². The first-order chi connectivity index (χ1) is 16.5. The number of nitrogen functional groups attached to an aromatic ring is 1. The summed E-state index contributed by atoms with van der Waals surface area (Å²) < 4.78 is 5.60. The Morgan fingerprint density at radius 1 is 1.03 bits per heavy atom. The number of anilines is 3. The zero-order chi connectivity index (χ0) is 23.7. The van der Waals surface area contributed by atoms with Crippen molar-refractivity contribution in [3.8, 4) is 11.1 Å². The normalized spacial score (nSPS) is 16.7. The minimum Gasteiger partial charge on any atom is -0.381 e. The van der Waals surface area contributed by atoms with Gasteiger partial charge in [0.05, 0.1) is 5.41 Å². The van der Waals surface area contributed by atoms with Gasteiger partial charge in [-0.1, -0.05) is 24.3 Å². The topological polar surface area (TPSA) is 110 Å². The lowest BCUT2D eigenvalue weighted by atomic mass is 9.73. The van der Waals surface area contributed by atoms with Crippen molar-refractivity contribution in [3.63, 3.8) is 0 Å². The summed E-state index contributed by atoms with van der Waals surface area (Å²) >= 11 is 0. The molecule has 174 valence electrons. The predicted octanol–water partition coefficient (Wildman–Crippen LogP) is 3.32. The van der Waals surface area contributed by atoms with Crippen molar-refractivity contribution in [3.05, 3.63) is 66.0 Å². The van der Waals surface area contributed by atoms with E-state index >= 15 is 0 Å². The summed E-state index contributed by atoms with van der Waals surface area (Å²) in [5, 5.41) is 3.15. The molecular weight excluding hydrogens is 430 g/mol. The second kappa shape index (κ2) is 8.87. The van der Waals surface area contributed by atoms with Gasteiger partial charge in [0.2, 0.25) is 17.8 Å². The Balaban J connectivity index is 1.40. The highest BCUT2D eigenvalue weighted by Crippen LogP contribution is 2.38. The van der Waals surface area contributed by atoms with E-state index < -0.39 is 5.41 Å². The quantitative estimate of drug-likeness (QED) is 0.622. The van der Waals surface area contributed by atoms with E-state index in [4.69, 9.17) is 10.5 Å². The van der Waals surface area contributed by atoms with Crippen LogP contribution in [-0.4, -0.2) is 41.5 Å². The van der Waals surface area contributed by atoms with Gasteiger partial charge in [-0.25, -0.2) is 9.97 Å². The van der Waals surface area contributed by atoms with Gasteiger partial charge in [-0.15, -0.1) is 0 Å². The standard InChI is InChI=1S/C26H27N5O3/c1-17(32)31-11-8-19-14-22(6-7-23(19)31)30-24(33)26(9-12-34-13-10-26)21-4-2-18(3-5-21)20-15-28-25(27)29-16-20/h2-7,14-16H,8-13H2,1H3,(H,30,33)(H2,27,28,29). The highest BCUT2D eigenvalue weighted by Gasteiger charge is 2.42. The molecule has 5 rings (SSSR count). The summed E-state index contributed by atoms with van der Waals surface area (Å²) in [6.07, 6.45) is 5.37. The number of nitrogens with zero attached hydrogens (tertiary/aromatic N) is 3. The minimum atomic E-state index is -0.682. The van der Waals surface area contributed by atoms with Gasteiger partial charge < -0.3 is 20.7 Å². The van der Waals surface area contributed by atoms with E-state index in [9.17, 15) is 9.59 Å². The number of amides is 2. The van der Waals surface area contributed by atoms with Crippen LogP contribution in [0.2, 0.25) is 0 Å². The van der Waals surface area contributed by atoms with Gasteiger partial charge in [-0.3, -0.25) is 9.59 Å². The smallest absolute Gasteiger partial charge is 0.235 e. The first kappa shape index (κ1) is 22.0. The number of nitrogens with two attached hydrogens (primary N) is 1. The lowest BCUT2D eigenvalue weighted by Crippen LogP contribution is -2.44. The number of rotatable bonds is 4. The summed E-state index contributed by atoms with van der Waals surface area (Å²) in [5.74, 6) is 0.227. The second-order valence-corrected chi connectivity index (χ2v) is 8.82. The first-order valence-corrected chi connectivity index (χ1v) is 11.4. The molecule has 2 aliphatic heterocycles. The van der Waals surface area contributed by atoms with Crippen LogP contribution in [0, 0.1) is 0 Å². The second-order valence-electron chi connectivity index (χ2n) is 8.82. The maximum absolute atomic E-state index is 13.7. The maximum atomic E-state index is 13.7. The zero-order valence-corrected chi connectivity index (χ0v) is 19.1. The van der Waals surface area contributed by atoms with E-state index in [0.717, 1.165) is 40.0 Å². The van der Waals surface area contributed by atoms with Crippen molar-refractivity contribution >= 4 is 29.1 Å². The van der Waals surface area contributed by atoms with Gasteiger partial charge in [0.25, 0.3) is 0 Å². The molecule has 1 saturated heterocycles. The molecule has 0 atom stereocenters. The summed E-state index contributed by atoms with van der Waals surface area (Å²) in [7, 11) is 0. The molecule has 0 aliphatic carbocycles. The van der Waals surface area contributed by atoms with Gasteiger partial charge in [-0.05, 0) is 54.2 Å².